The number of amides is 2. The zero-order chi connectivity index (χ0) is 29.7. The quantitative estimate of drug-likeness (QED) is 0.333. The highest BCUT2D eigenvalue weighted by atomic mass is 79.9. The van der Waals surface area contributed by atoms with E-state index in [1.165, 1.54) is 17.0 Å². The lowest BCUT2D eigenvalue weighted by molar-refractivity contribution is -0.139. The molecule has 42 heavy (non-hydrogen) atoms. The van der Waals surface area contributed by atoms with Gasteiger partial charge in [0, 0.05) is 23.1 Å². The molecule has 222 valence electrons. The third kappa shape index (κ3) is 6.90. The summed E-state index contributed by atoms with van der Waals surface area (Å²) in [6.45, 7) is 2.00. The molecule has 0 aromatic heterocycles. The zero-order valence-electron chi connectivity index (χ0n) is 23.4. The normalized spacial score (nSPS) is 15.6. The van der Waals surface area contributed by atoms with Crippen LogP contribution in [0.3, 0.4) is 0 Å². The molecule has 0 radical (unpaired) electrons. The van der Waals surface area contributed by atoms with E-state index in [9.17, 15) is 18.0 Å². The molecule has 1 aliphatic heterocycles. The lowest BCUT2D eigenvalue weighted by atomic mass is 10.1. The van der Waals surface area contributed by atoms with Crippen molar-refractivity contribution in [1.82, 2.24) is 10.2 Å². The molecule has 0 spiro atoms. The van der Waals surface area contributed by atoms with E-state index in [0.717, 1.165) is 40.0 Å². The fourth-order valence-corrected chi connectivity index (χ4v) is 7.12. The first-order chi connectivity index (χ1) is 20.2. The first-order valence-corrected chi connectivity index (χ1v) is 16.3. The fourth-order valence-electron chi connectivity index (χ4n) is 5.24. The number of fused-ring (bicyclic) bond motifs is 1. The fraction of sp³-hybridized carbons (Fsp3) is 0.355. The third-order valence-electron chi connectivity index (χ3n) is 7.53. The number of sulfonamides is 1. The molecule has 0 saturated heterocycles. The van der Waals surface area contributed by atoms with Crippen LogP contribution in [0.1, 0.15) is 38.2 Å². The lowest BCUT2D eigenvalue weighted by Crippen LogP contribution is -2.52. The van der Waals surface area contributed by atoms with Crippen LogP contribution in [0.15, 0.2) is 82.2 Å². The molecular weight excluding hydrogens is 622 g/mol. The number of ether oxygens (including phenoxy) is 2. The highest BCUT2D eigenvalue weighted by Gasteiger charge is 2.34. The van der Waals surface area contributed by atoms with Crippen molar-refractivity contribution in [2.75, 3.05) is 24.1 Å². The Kier molecular flexibility index (Phi) is 9.37. The van der Waals surface area contributed by atoms with E-state index in [1.54, 1.807) is 43.3 Å². The number of hydrogen-bond donors (Lipinski definition) is 1. The molecule has 0 unspecified atom stereocenters. The Labute approximate surface area is 255 Å². The molecule has 5 rings (SSSR count). The SMILES string of the molecule is C[C@H](C(=O)NC1CCCC1)N(Cc1cccc(Br)c1)C(=O)CN(c1ccc2c(c1)OCCO2)S(=O)(=O)c1ccccc1. The number of rotatable bonds is 10. The Hall–Kier alpha value is -3.57. The second-order valence-corrected chi connectivity index (χ2v) is 13.2. The van der Waals surface area contributed by atoms with Gasteiger partial charge in [0.05, 0.1) is 10.6 Å². The van der Waals surface area contributed by atoms with Crippen molar-refractivity contribution in [3.63, 3.8) is 0 Å². The number of halogens is 1. The summed E-state index contributed by atoms with van der Waals surface area (Å²) in [7, 11) is -4.17. The van der Waals surface area contributed by atoms with Crippen LogP contribution in [-0.2, 0) is 26.2 Å². The molecule has 1 saturated carbocycles. The molecule has 1 atom stereocenters. The summed E-state index contributed by atoms with van der Waals surface area (Å²) in [6.07, 6.45) is 3.93. The van der Waals surface area contributed by atoms with Crippen molar-refractivity contribution in [3.8, 4) is 11.5 Å². The maximum Gasteiger partial charge on any atom is 0.264 e. The van der Waals surface area contributed by atoms with Crippen LogP contribution in [0.2, 0.25) is 0 Å². The molecule has 11 heteroatoms. The Bertz CT molecular complexity index is 1530. The van der Waals surface area contributed by atoms with Crippen molar-refractivity contribution >= 4 is 43.5 Å². The summed E-state index contributed by atoms with van der Waals surface area (Å²) < 4.78 is 41.2. The molecule has 1 aliphatic carbocycles. The van der Waals surface area contributed by atoms with E-state index in [2.05, 4.69) is 21.2 Å². The number of carbonyl (C=O) groups excluding carboxylic acids is 2. The maximum atomic E-state index is 14.1. The van der Waals surface area contributed by atoms with Crippen LogP contribution in [0.5, 0.6) is 11.5 Å². The minimum atomic E-state index is -4.17. The van der Waals surface area contributed by atoms with Gasteiger partial charge in [-0.15, -0.1) is 0 Å². The van der Waals surface area contributed by atoms with Crippen LogP contribution in [0.25, 0.3) is 0 Å². The van der Waals surface area contributed by atoms with Gasteiger partial charge < -0.3 is 19.7 Å². The van der Waals surface area contributed by atoms with Crippen molar-refractivity contribution in [1.29, 1.82) is 0 Å². The van der Waals surface area contributed by atoms with Crippen LogP contribution in [-0.4, -0.2) is 57.0 Å². The van der Waals surface area contributed by atoms with E-state index in [1.807, 2.05) is 24.3 Å². The average Bonchev–Trinajstić information content (AvgIpc) is 3.51. The standard InChI is InChI=1S/C31H34BrN3O6S/c1-22(31(37)33-25-10-5-6-11-25)34(20-23-8-7-9-24(32)18-23)30(36)21-35(42(38,39)27-12-3-2-4-13-27)26-14-15-28-29(19-26)41-17-16-40-28/h2-4,7-9,12-15,18-19,22,25H,5-6,10-11,16-17,20-21H2,1H3,(H,33,37)/t22-/m1/s1. The summed E-state index contributed by atoms with van der Waals surface area (Å²) >= 11 is 3.47. The van der Waals surface area contributed by atoms with Gasteiger partial charge in [0.2, 0.25) is 11.8 Å². The van der Waals surface area contributed by atoms with Gasteiger partial charge in [0.25, 0.3) is 10.0 Å². The summed E-state index contributed by atoms with van der Waals surface area (Å²) in [5.74, 6) is 0.122. The van der Waals surface area contributed by atoms with Crippen molar-refractivity contribution < 1.29 is 27.5 Å². The molecule has 9 nitrogen and oxygen atoms in total. The van der Waals surface area contributed by atoms with Gasteiger partial charge in [-0.2, -0.15) is 0 Å². The monoisotopic (exact) mass is 655 g/mol. The van der Waals surface area contributed by atoms with Crippen LogP contribution in [0.4, 0.5) is 5.69 Å². The van der Waals surface area contributed by atoms with E-state index in [0.29, 0.717) is 24.7 Å². The topological polar surface area (TPSA) is 105 Å². The van der Waals surface area contributed by atoms with Crippen LogP contribution in [0, 0.1) is 0 Å². The molecule has 1 N–H and O–H groups in total. The summed E-state index contributed by atoms with van der Waals surface area (Å²) in [5.41, 5.74) is 1.05. The Morgan fingerprint density at radius 2 is 1.67 bits per heavy atom. The van der Waals surface area contributed by atoms with Gasteiger partial charge in [0.1, 0.15) is 25.8 Å². The highest BCUT2D eigenvalue weighted by molar-refractivity contribution is 9.10. The van der Waals surface area contributed by atoms with Crippen molar-refractivity contribution in [3.05, 3.63) is 82.8 Å². The predicted molar refractivity (Wildman–Crippen MR) is 163 cm³/mol. The van der Waals surface area contributed by atoms with Crippen LogP contribution < -0.4 is 19.1 Å². The van der Waals surface area contributed by atoms with E-state index in [-0.39, 0.29) is 29.1 Å². The van der Waals surface area contributed by atoms with Gasteiger partial charge in [-0.05, 0) is 61.7 Å². The summed E-state index contributed by atoms with van der Waals surface area (Å²) in [5, 5.41) is 3.08. The average molecular weight is 657 g/mol. The van der Waals surface area contributed by atoms with Gasteiger partial charge in [-0.1, -0.05) is 59.1 Å². The number of nitrogens with zero attached hydrogens (tertiary/aromatic N) is 2. The zero-order valence-corrected chi connectivity index (χ0v) is 25.8. The van der Waals surface area contributed by atoms with Crippen molar-refractivity contribution in [2.45, 2.75) is 56.1 Å². The minimum absolute atomic E-state index is 0.0400. The smallest absolute Gasteiger partial charge is 0.264 e. The third-order valence-corrected chi connectivity index (χ3v) is 9.82. The van der Waals surface area contributed by atoms with E-state index < -0.39 is 28.5 Å². The largest absolute Gasteiger partial charge is 0.486 e. The molecule has 2 aliphatic rings. The molecule has 3 aromatic carbocycles. The number of carbonyl (C=O) groups is 2. The minimum Gasteiger partial charge on any atom is -0.486 e. The first kappa shape index (κ1) is 29.9. The Balaban J connectivity index is 1.49. The number of nitrogens with one attached hydrogen (secondary N) is 1. The molecule has 2 amide bonds. The number of hydrogen-bond acceptors (Lipinski definition) is 6. The lowest BCUT2D eigenvalue weighted by Gasteiger charge is -2.32. The molecule has 0 bridgehead atoms. The second-order valence-electron chi connectivity index (χ2n) is 10.5. The van der Waals surface area contributed by atoms with Crippen LogP contribution >= 0.6 is 15.9 Å². The van der Waals surface area contributed by atoms with E-state index in [4.69, 9.17) is 9.47 Å². The first-order valence-electron chi connectivity index (χ1n) is 14.0. The Morgan fingerprint density at radius 3 is 2.38 bits per heavy atom. The van der Waals surface area contributed by atoms with Crippen molar-refractivity contribution in [2.24, 2.45) is 0 Å². The van der Waals surface area contributed by atoms with Gasteiger partial charge in [-0.25, -0.2) is 8.42 Å². The molecule has 1 heterocycles. The van der Waals surface area contributed by atoms with Gasteiger partial charge in [-0.3, -0.25) is 13.9 Å². The Morgan fingerprint density at radius 1 is 0.952 bits per heavy atom. The number of benzene rings is 3. The molecular formula is C31H34BrN3O6S. The summed E-state index contributed by atoms with van der Waals surface area (Å²) in [4.78, 5) is 29.0. The van der Waals surface area contributed by atoms with E-state index >= 15 is 0 Å². The summed E-state index contributed by atoms with van der Waals surface area (Å²) in [6, 6.07) is 19.5. The highest BCUT2D eigenvalue weighted by Crippen LogP contribution is 2.36. The molecule has 3 aromatic rings. The molecule has 1 fully saturated rings. The maximum absolute atomic E-state index is 14.1. The second kappa shape index (κ2) is 13.2. The van der Waals surface area contributed by atoms with Gasteiger partial charge in [0.15, 0.2) is 11.5 Å². The van der Waals surface area contributed by atoms with Gasteiger partial charge >= 0.3 is 0 Å². The predicted octanol–water partition coefficient (Wildman–Crippen LogP) is 4.89. The number of anilines is 1.